The first kappa shape index (κ1) is 13.4. The topological polar surface area (TPSA) is 114 Å². The number of esters is 1. The van der Waals surface area contributed by atoms with Crippen molar-refractivity contribution in [3.63, 3.8) is 0 Å². The van der Waals surface area contributed by atoms with E-state index in [1.165, 1.54) is 6.20 Å². The Morgan fingerprint density at radius 2 is 2.29 bits per heavy atom. The zero-order chi connectivity index (χ0) is 15.0. The van der Waals surface area contributed by atoms with Crippen molar-refractivity contribution in [2.24, 2.45) is 0 Å². The Balaban J connectivity index is 2.20. The van der Waals surface area contributed by atoms with Gasteiger partial charge in [-0.05, 0) is 19.4 Å². The predicted molar refractivity (Wildman–Crippen MR) is 76.3 cm³/mol. The molecule has 21 heavy (non-hydrogen) atoms. The predicted octanol–water partition coefficient (Wildman–Crippen LogP) is 1.25. The summed E-state index contributed by atoms with van der Waals surface area (Å²) in [6, 6.07) is 0. The third kappa shape index (κ3) is 2.21. The zero-order valence-electron chi connectivity index (χ0n) is 11.3. The molecule has 0 saturated heterocycles. The van der Waals surface area contributed by atoms with Crippen LogP contribution in [0.5, 0.6) is 0 Å². The number of thiophene rings is 1. The van der Waals surface area contributed by atoms with Gasteiger partial charge in [-0.3, -0.25) is 4.79 Å². The third-order valence-corrected chi connectivity index (χ3v) is 4.08. The lowest BCUT2D eigenvalue weighted by Crippen LogP contribution is -2.10. The van der Waals surface area contributed by atoms with E-state index in [-0.39, 0.29) is 12.2 Å². The zero-order valence-corrected chi connectivity index (χ0v) is 12.1. The van der Waals surface area contributed by atoms with E-state index in [4.69, 9.17) is 4.74 Å². The van der Waals surface area contributed by atoms with Gasteiger partial charge in [0.15, 0.2) is 5.82 Å². The lowest BCUT2D eigenvalue weighted by Gasteiger charge is -1.98. The SMILES string of the molecule is CCOC(=O)c1sc2nc(-c3cn[nH]n3)[nH]c(=O)c2c1C. The van der Waals surface area contributed by atoms with Gasteiger partial charge in [-0.1, -0.05) is 0 Å². The molecule has 0 radical (unpaired) electrons. The average molecular weight is 305 g/mol. The van der Waals surface area contributed by atoms with Crippen LogP contribution in [0, 0.1) is 6.92 Å². The number of aryl methyl sites for hydroxylation is 1. The minimum atomic E-state index is -0.444. The molecule has 0 aliphatic rings. The second-order valence-electron chi connectivity index (χ2n) is 4.23. The molecule has 0 atom stereocenters. The summed E-state index contributed by atoms with van der Waals surface area (Å²) in [5.74, 6) is -0.140. The van der Waals surface area contributed by atoms with E-state index in [0.29, 0.717) is 32.2 Å². The van der Waals surface area contributed by atoms with E-state index in [2.05, 4.69) is 25.4 Å². The summed E-state index contributed by atoms with van der Waals surface area (Å²) in [6.07, 6.45) is 1.46. The number of ether oxygens (including phenoxy) is 1. The van der Waals surface area contributed by atoms with Gasteiger partial charge in [-0.25, -0.2) is 9.78 Å². The van der Waals surface area contributed by atoms with Gasteiger partial charge in [-0.15, -0.1) is 11.3 Å². The van der Waals surface area contributed by atoms with E-state index in [9.17, 15) is 9.59 Å². The maximum absolute atomic E-state index is 12.2. The molecule has 108 valence electrons. The van der Waals surface area contributed by atoms with Gasteiger partial charge < -0.3 is 9.72 Å². The second kappa shape index (κ2) is 5.09. The highest BCUT2D eigenvalue weighted by atomic mass is 32.1. The number of hydrogen-bond acceptors (Lipinski definition) is 7. The lowest BCUT2D eigenvalue weighted by atomic mass is 10.2. The molecule has 3 aromatic rings. The van der Waals surface area contributed by atoms with Crippen molar-refractivity contribution in [2.75, 3.05) is 6.61 Å². The Morgan fingerprint density at radius 3 is 2.95 bits per heavy atom. The fourth-order valence-electron chi connectivity index (χ4n) is 1.97. The summed E-state index contributed by atoms with van der Waals surface area (Å²) >= 11 is 1.13. The summed E-state index contributed by atoms with van der Waals surface area (Å²) in [5, 5.41) is 10.4. The Bertz CT molecular complexity index is 865. The largest absolute Gasteiger partial charge is 0.462 e. The molecule has 0 aliphatic heterocycles. The monoisotopic (exact) mass is 305 g/mol. The number of H-pyrrole nitrogens is 2. The molecule has 0 aliphatic carbocycles. The maximum atomic E-state index is 12.2. The van der Waals surface area contributed by atoms with Crippen LogP contribution in [0.4, 0.5) is 0 Å². The van der Waals surface area contributed by atoms with Crippen molar-refractivity contribution < 1.29 is 9.53 Å². The van der Waals surface area contributed by atoms with Crippen LogP contribution in [0.3, 0.4) is 0 Å². The highest BCUT2D eigenvalue weighted by Crippen LogP contribution is 2.28. The maximum Gasteiger partial charge on any atom is 0.348 e. The molecule has 3 rings (SSSR count). The third-order valence-electron chi connectivity index (χ3n) is 2.92. The standard InChI is InChI=1S/C12H11N5O3S/c1-3-20-12(19)8-5(2)7-10(18)14-9(15-11(7)21-8)6-4-13-17-16-6/h4H,3H2,1-2H3,(H,13,16,17)(H,14,15,18). The first-order chi connectivity index (χ1) is 10.1. The van der Waals surface area contributed by atoms with Crippen LogP contribution in [0.25, 0.3) is 21.7 Å². The molecule has 0 unspecified atom stereocenters. The van der Waals surface area contributed by atoms with Crippen LogP contribution in [0.2, 0.25) is 0 Å². The molecule has 9 heteroatoms. The Hall–Kier alpha value is -2.55. The van der Waals surface area contributed by atoms with E-state index in [1.54, 1.807) is 13.8 Å². The number of aromatic nitrogens is 5. The molecular weight excluding hydrogens is 294 g/mol. The van der Waals surface area contributed by atoms with Gasteiger partial charge in [-0.2, -0.15) is 15.4 Å². The van der Waals surface area contributed by atoms with Crippen LogP contribution in [0.1, 0.15) is 22.2 Å². The molecule has 0 saturated carbocycles. The van der Waals surface area contributed by atoms with Gasteiger partial charge in [0.25, 0.3) is 5.56 Å². The molecule has 0 amide bonds. The molecular formula is C12H11N5O3S. The van der Waals surface area contributed by atoms with Crippen molar-refractivity contribution in [1.82, 2.24) is 25.4 Å². The van der Waals surface area contributed by atoms with Crippen molar-refractivity contribution in [1.29, 1.82) is 0 Å². The normalized spacial score (nSPS) is 11.0. The smallest absolute Gasteiger partial charge is 0.348 e. The summed E-state index contributed by atoms with van der Waals surface area (Å²) in [6.45, 7) is 3.71. The molecule has 8 nitrogen and oxygen atoms in total. The molecule has 3 aromatic heterocycles. The Kier molecular flexibility index (Phi) is 3.26. The van der Waals surface area contributed by atoms with Crippen LogP contribution >= 0.6 is 11.3 Å². The van der Waals surface area contributed by atoms with Crippen LogP contribution < -0.4 is 5.56 Å². The van der Waals surface area contributed by atoms with Gasteiger partial charge in [0, 0.05) is 0 Å². The van der Waals surface area contributed by atoms with Gasteiger partial charge >= 0.3 is 5.97 Å². The van der Waals surface area contributed by atoms with Crippen LogP contribution in [-0.4, -0.2) is 38.0 Å². The number of rotatable bonds is 3. The van der Waals surface area contributed by atoms with Crippen molar-refractivity contribution in [3.05, 3.63) is 27.0 Å². The number of carbonyl (C=O) groups is 1. The molecule has 3 heterocycles. The van der Waals surface area contributed by atoms with Crippen molar-refractivity contribution >= 4 is 27.5 Å². The first-order valence-electron chi connectivity index (χ1n) is 6.18. The molecule has 0 fully saturated rings. The summed E-state index contributed by atoms with van der Waals surface area (Å²) in [4.78, 5) is 31.9. The van der Waals surface area contributed by atoms with Gasteiger partial charge in [0.05, 0.1) is 18.2 Å². The summed E-state index contributed by atoms with van der Waals surface area (Å²) in [5.41, 5.74) is 0.689. The highest BCUT2D eigenvalue weighted by molar-refractivity contribution is 7.20. The fourth-order valence-corrected chi connectivity index (χ4v) is 3.05. The Labute approximate surface area is 122 Å². The van der Waals surface area contributed by atoms with Crippen molar-refractivity contribution in [3.8, 4) is 11.5 Å². The highest BCUT2D eigenvalue weighted by Gasteiger charge is 2.20. The van der Waals surface area contributed by atoms with E-state index < -0.39 is 5.97 Å². The minimum absolute atomic E-state index is 0.278. The van der Waals surface area contributed by atoms with Gasteiger partial charge in [0.2, 0.25) is 0 Å². The van der Waals surface area contributed by atoms with E-state index in [0.717, 1.165) is 11.3 Å². The summed E-state index contributed by atoms with van der Waals surface area (Å²) in [7, 11) is 0. The molecule has 2 N–H and O–H groups in total. The average Bonchev–Trinajstić information content (AvgIpc) is 3.07. The number of fused-ring (bicyclic) bond motifs is 1. The molecule has 0 aromatic carbocycles. The summed E-state index contributed by atoms with van der Waals surface area (Å²) < 4.78 is 4.98. The number of nitrogens with zero attached hydrogens (tertiary/aromatic N) is 3. The molecule has 0 spiro atoms. The van der Waals surface area contributed by atoms with Crippen molar-refractivity contribution in [2.45, 2.75) is 13.8 Å². The number of aromatic amines is 2. The van der Waals surface area contributed by atoms with Crippen LogP contribution in [0.15, 0.2) is 11.0 Å². The van der Waals surface area contributed by atoms with E-state index >= 15 is 0 Å². The molecule has 0 bridgehead atoms. The minimum Gasteiger partial charge on any atom is -0.462 e. The second-order valence-corrected chi connectivity index (χ2v) is 5.23. The number of hydrogen-bond donors (Lipinski definition) is 2. The van der Waals surface area contributed by atoms with Gasteiger partial charge in [0.1, 0.15) is 15.4 Å². The lowest BCUT2D eigenvalue weighted by molar-refractivity contribution is 0.0531. The Morgan fingerprint density at radius 1 is 1.48 bits per heavy atom. The number of carbonyl (C=O) groups excluding carboxylic acids is 1. The fraction of sp³-hybridized carbons (Fsp3) is 0.250. The quantitative estimate of drug-likeness (QED) is 0.704. The van der Waals surface area contributed by atoms with Crippen LogP contribution in [-0.2, 0) is 4.74 Å². The number of nitrogens with one attached hydrogen (secondary N) is 2. The van der Waals surface area contributed by atoms with E-state index in [1.807, 2.05) is 0 Å². The first-order valence-corrected chi connectivity index (χ1v) is 7.00.